The van der Waals surface area contributed by atoms with Crippen LogP contribution in [0.1, 0.15) is 90.6 Å². The molecule has 0 bridgehead atoms. The summed E-state index contributed by atoms with van der Waals surface area (Å²) in [7, 11) is 0. The van der Waals surface area contributed by atoms with Crippen molar-refractivity contribution in [1.82, 2.24) is 0 Å². The maximum Gasteiger partial charge on any atom is 0.226 e. The highest BCUT2D eigenvalue weighted by Gasteiger charge is 2.23. The lowest BCUT2D eigenvalue weighted by Gasteiger charge is -2.27. The second-order valence-corrected chi connectivity index (χ2v) is 11.5. The van der Waals surface area contributed by atoms with Crippen LogP contribution in [0.5, 0.6) is 11.5 Å². The lowest BCUT2D eigenvalue weighted by molar-refractivity contribution is 0.0864. The quantitative estimate of drug-likeness (QED) is 0.273. The molecule has 0 aliphatic carbocycles. The Hall–Kier alpha value is -2.58. The Labute approximate surface area is 212 Å². The van der Waals surface area contributed by atoms with Gasteiger partial charge in [0.05, 0.1) is 12.2 Å². The normalized spacial score (nSPS) is 14.1. The molecule has 2 unspecified atom stereocenters. The standard InChI is InChI=1S/C28H42O8/c1-27(2,13-9-21-15-23(31)25(33)17-35-21)11-7-19(29)5-6-20(30)8-12-28(3,4)14-10-22-16-24(32)26(34)18-36-22/h15-20,29-30,33-34H,5-14H2,1-4H3. The van der Waals surface area contributed by atoms with Gasteiger partial charge in [-0.25, -0.2) is 0 Å². The lowest BCUT2D eigenvalue weighted by Crippen LogP contribution is -2.20. The Balaban J connectivity index is 1.66. The van der Waals surface area contributed by atoms with Gasteiger partial charge in [-0.1, -0.05) is 27.7 Å². The second-order valence-electron chi connectivity index (χ2n) is 11.5. The zero-order chi connectivity index (χ0) is 26.9. The van der Waals surface area contributed by atoms with Gasteiger partial charge in [0.15, 0.2) is 11.5 Å². The summed E-state index contributed by atoms with van der Waals surface area (Å²) in [5.41, 5.74) is -1.01. The van der Waals surface area contributed by atoms with E-state index in [1.807, 2.05) is 0 Å². The van der Waals surface area contributed by atoms with Gasteiger partial charge in [-0.05, 0) is 62.2 Å². The fourth-order valence-corrected chi connectivity index (χ4v) is 4.11. The van der Waals surface area contributed by atoms with Gasteiger partial charge in [0, 0.05) is 25.0 Å². The van der Waals surface area contributed by atoms with Gasteiger partial charge >= 0.3 is 0 Å². The molecule has 202 valence electrons. The monoisotopic (exact) mass is 506 g/mol. The van der Waals surface area contributed by atoms with Crippen LogP contribution in [0.15, 0.2) is 43.1 Å². The Morgan fingerprint density at radius 2 is 1.03 bits per heavy atom. The maximum atomic E-state index is 11.5. The summed E-state index contributed by atoms with van der Waals surface area (Å²) in [5.74, 6) is 0.279. The molecule has 0 fully saturated rings. The molecule has 0 aliphatic heterocycles. The van der Waals surface area contributed by atoms with E-state index < -0.39 is 34.6 Å². The molecule has 2 heterocycles. The Kier molecular flexibility index (Phi) is 10.8. The van der Waals surface area contributed by atoms with Crippen LogP contribution in [0.25, 0.3) is 0 Å². The smallest absolute Gasteiger partial charge is 0.226 e. The molecule has 0 aliphatic rings. The maximum absolute atomic E-state index is 11.5. The molecule has 0 aromatic carbocycles. The minimum atomic E-state index is -0.490. The molecule has 0 radical (unpaired) electrons. The predicted octanol–water partition coefficient (Wildman–Crippen LogP) is 4.68. The summed E-state index contributed by atoms with van der Waals surface area (Å²) < 4.78 is 10.5. The van der Waals surface area contributed by atoms with Gasteiger partial charge in [0.1, 0.15) is 24.0 Å². The van der Waals surface area contributed by atoms with Crippen LogP contribution in [-0.4, -0.2) is 32.6 Å². The fraction of sp³-hybridized carbons (Fsp3) is 0.643. The van der Waals surface area contributed by atoms with E-state index in [-0.39, 0.29) is 10.8 Å². The molecule has 36 heavy (non-hydrogen) atoms. The molecule has 0 saturated heterocycles. The van der Waals surface area contributed by atoms with Crippen LogP contribution in [0.2, 0.25) is 0 Å². The summed E-state index contributed by atoms with van der Waals surface area (Å²) >= 11 is 0. The van der Waals surface area contributed by atoms with Gasteiger partial charge in [-0.15, -0.1) is 0 Å². The van der Waals surface area contributed by atoms with E-state index in [0.717, 1.165) is 38.2 Å². The first-order chi connectivity index (χ1) is 16.8. The van der Waals surface area contributed by atoms with Crippen molar-refractivity contribution in [2.45, 2.75) is 104 Å². The highest BCUT2D eigenvalue weighted by Crippen LogP contribution is 2.31. The highest BCUT2D eigenvalue weighted by atomic mass is 16.4. The topological polar surface area (TPSA) is 141 Å². The first kappa shape index (κ1) is 29.6. The van der Waals surface area contributed by atoms with Crippen molar-refractivity contribution < 1.29 is 29.3 Å². The van der Waals surface area contributed by atoms with Gasteiger partial charge < -0.3 is 29.3 Å². The van der Waals surface area contributed by atoms with Crippen molar-refractivity contribution in [3.8, 4) is 11.5 Å². The SMILES string of the molecule is CC(C)(CCc1cc(=O)c(O)co1)CCC(O)CCC(O)CCC(C)(C)CCc1cc(=O)c(O)co1. The van der Waals surface area contributed by atoms with Gasteiger partial charge in [-0.2, -0.15) is 0 Å². The lowest BCUT2D eigenvalue weighted by atomic mass is 9.80. The van der Waals surface area contributed by atoms with Crippen LogP contribution in [0.3, 0.4) is 0 Å². The van der Waals surface area contributed by atoms with Crippen LogP contribution in [-0.2, 0) is 12.8 Å². The summed E-state index contributed by atoms with van der Waals surface area (Å²) in [6.45, 7) is 8.44. The van der Waals surface area contributed by atoms with E-state index in [1.54, 1.807) is 0 Å². The largest absolute Gasteiger partial charge is 0.502 e. The van der Waals surface area contributed by atoms with E-state index in [9.17, 15) is 30.0 Å². The number of hydrogen-bond acceptors (Lipinski definition) is 8. The van der Waals surface area contributed by atoms with Gasteiger partial charge in [0.25, 0.3) is 0 Å². The summed E-state index contributed by atoms with van der Waals surface area (Å²) in [6, 6.07) is 2.63. The summed E-state index contributed by atoms with van der Waals surface area (Å²) in [5, 5.41) is 39.5. The Bertz CT molecular complexity index is 980. The summed E-state index contributed by atoms with van der Waals surface area (Å²) in [4.78, 5) is 23.1. The third-order valence-corrected chi connectivity index (χ3v) is 6.97. The number of aryl methyl sites for hydroxylation is 2. The average molecular weight is 507 g/mol. The van der Waals surface area contributed by atoms with Crippen molar-refractivity contribution in [3.05, 3.63) is 56.6 Å². The molecule has 2 aromatic rings. The first-order valence-corrected chi connectivity index (χ1v) is 12.7. The number of hydrogen-bond donors (Lipinski definition) is 4. The molecule has 0 saturated carbocycles. The van der Waals surface area contributed by atoms with Crippen LogP contribution in [0, 0.1) is 10.8 Å². The zero-order valence-electron chi connectivity index (χ0n) is 22.0. The van der Waals surface area contributed by atoms with E-state index >= 15 is 0 Å². The predicted molar refractivity (Wildman–Crippen MR) is 137 cm³/mol. The molecule has 8 heteroatoms. The van der Waals surface area contributed by atoms with E-state index in [0.29, 0.717) is 50.0 Å². The molecule has 8 nitrogen and oxygen atoms in total. The Morgan fingerprint density at radius 3 is 1.36 bits per heavy atom. The molecular weight excluding hydrogens is 464 g/mol. The van der Waals surface area contributed by atoms with E-state index in [1.165, 1.54) is 12.1 Å². The zero-order valence-corrected chi connectivity index (χ0v) is 22.0. The minimum Gasteiger partial charge on any atom is -0.502 e. The summed E-state index contributed by atoms with van der Waals surface area (Å²) in [6.07, 6.45) is 7.77. The van der Waals surface area contributed by atoms with Crippen molar-refractivity contribution in [3.63, 3.8) is 0 Å². The molecule has 0 amide bonds. The van der Waals surface area contributed by atoms with Crippen LogP contribution < -0.4 is 10.9 Å². The molecule has 2 aromatic heterocycles. The number of aliphatic hydroxyl groups is 2. The van der Waals surface area contributed by atoms with Crippen molar-refractivity contribution in [2.75, 3.05) is 0 Å². The first-order valence-electron chi connectivity index (χ1n) is 12.7. The van der Waals surface area contributed by atoms with Crippen molar-refractivity contribution in [2.24, 2.45) is 10.8 Å². The van der Waals surface area contributed by atoms with E-state index in [2.05, 4.69) is 27.7 Å². The highest BCUT2D eigenvalue weighted by molar-refractivity contribution is 5.16. The Morgan fingerprint density at radius 1 is 0.667 bits per heavy atom. The van der Waals surface area contributed by atoms with Gasteiger partial charge in [0.2, 0.25) is 10.9 Å². The number of aromatic hydroxyl groups is 2. The average Bonchev–Trinajstić information content (AvgIpc) is 2.82. The minimum absolute atomic E-state index is 0.0588. The fourth-order valence-electron chi connectivity index (χ4n) is 4.11. The van der Waals surface area contributed by atoms with Gasteiger partial charge in [-0.3, -0.25) is 9.59 Å². The molecule has 2 atom stereocenters. The molecule has 0 spiro atoms. The van der Waals surface area contributed by atoms with Crippen molar-refractivity contribution in [1.29, 1.82) is 0 Å². The third kappa shape index (κ3) is 10.6. The van der Waals surface area contributed by atoms with E-state index in [4.69, 9.17) is 8.83 Å². The number of rotatable bonds is 15. The third-order valence-electron chi connectivity index (χ3n) is 6.97. The number of aliphatic hydroxyl groups excluding tert-OH is 2. The molecule has 4 N–H and O–H groups in total. The van der Waals surface area contributed by atoms with Crippen molar-refractivity contribution >= 4 is 0 Å². The molecule has 2 rings (SSSR count). The second kappa shape index (κ2) is 13.1. The molecular formula is C28H42O8. The van der Waals surface area contributed by atoms with Crippen LogP contribution in [0.4, 0.5) is 0 Å². The van der Waals surface area contributed by atoms with Crippen LogP contribution >= 0.6 is 0 Å².